The molecule has 2 rings (SSSR count). The van der Waals surface area contributed by atoms with Gasteiger partial charge in [0.2, 0.25) is 0 Å². The average Bonchev–Trinajstić information content (AvgIpc) is 2.49. The summed E-state index contributed by atoms with van der Waals surface area (Å²) in [4.78, 5) is 13.8. The minimum absolute atomic E-state index is 0.0560. The van der Waals surface area contributed by atoms with Gasteiger partial charge in [0.05, 0.1) is 0 Å². The average molecular weight is 352 g/mol. The third-order valence-electron chi connectivity index (χ3n) is 3.02. The van der Waals surface area contributed by atoms with Crippen molar-refractivity contribution in [2.75, 3.05) is 11.9 Å². The Hall–Kier alpha value is -1.88. The zero-order valence-electron chi connectivity index (χ0n) is 11.7. The first-order valence-electron chi connectivity index (χ1n) is 6.43. The summed E-state index contributed by atoms with van der Waals surface area (Å²) in [6.07, 6.45) is -0.786. The van der Waals surface area contributed by atoms with Gasteiger partial charge in [-0.05, 0) is 37.3 Å². The lowest BCUT2D eigenvalue weighted by Gasteiger charge is -2.22. The third kappa shape index (κ3) is 3.82. The first kappa shape index (κ1) is 15.5. The van der Waals surface area contributed by atoms with Gasteiger partial charge in [0.15, 0.2) is 17.7 Å². The van der Waals surface area contributed by atoms with Crippen LogP contribution in [0.5, 0.6) is 5.75 Å². The molecule has 0 bridgehead atoms. The minimum Gasteiger partial charge on any atom is -0.478 e. The first-order chi connectivity index (χ1) is 9.99. The lowest BCUT2D eigenvalue weighted by atomic mass is 10.2. The van der Waals surface area contributed by atoms with Crippen molar-refractivity contribution < 1.29 is 13.9 Å². The first-order valence-corrected chi connectivity index (χ1v) is 7.22. The van der Waals surface area contributed by atoms with Gasteiger partial charge in [-0.1, -0.05) is 34.1 Å². The van der Waals surface area contributed by atoms with Crippen LogP contribution < -0.4 is 9.64 Å². The fourth-order valence-electron chi connectivity index (χ4n) is 1.86. The number of amides is 1. The molecule has 0 saturated heterocycles. The Kier molecular flexibility index (Phi) is 4.96. The van der Waals surface area contributed by atoms with Crippen molar-refractivity contribution >= 4 is 27.5 Å². The number of carbonyl (C=O) groups excluding carboxylic acids is 1. The zero-order valence-corrected chi connectivity index (χ0v) is 13.3. The molecular weight excluding hydrogens is 337 g/mol. The number of ether oxygens (including phenoxy) is 1. The normalized spacial score (nSPS) is 11.8. The molecule has 1 unspecified atom stereocenters. The molecule has 0 aliphatic carbocycles. The molecule has 2 aromatic rings. The van der Waals surface area contributed by atoms with Gasteiger partial charge in [-0.15, -0.1) is 0 Å². The predicted octanol–water partition coefficient (Wildman–Crippen LogP) is 4.02. The molecule has 0 aromatic heterocycles. The van der Waals surface area contributed by atoms with E-state index in [4.69, 9.17) is 4.74 Å². The molecule has 1 amide bonds. The number of halogens is 2. The summed E-state index contributed by atoms with van der Waals surface area (Å²) in [6.45, 7) is 1.60. The molecule has 2 aromatic carbocycles. The highest BCUT2D eigenvalue weighted by Crippen LogP contribution is 2.23. The Bertz CT molecular complexity index is 633. The molecule has 0 heterocycles. The van der Waals surface area contributed by atoms with Gasteiger partial charge in [-0.25, -0.2) is 4.39 Å². The zero-order chi connectivity index (χ0) is 15.4. The lowest BCUT2D eigenvalue weighted by Crippen LogP contribution is -2.38. The number of anilines is 1. The van der Waals surface area contributed by atoms with Crippen LogP contribution in [-0.4, -0.2) is 19.1 Å². The largest absolute Gasteiger partial charge is 0.478 e. The summed E-state index contributed by atoms with van der Waals surface area (Å²) in [7, 11) is 1.66. The molecule has 110 valence electrons. The van der Waals surface area contributed by atoms with Gasteiger partial charge in [0.25, 0.3) is 5.91 Å². The molecule has 21 heavy (non-hydrogen) atoms. The fourth-order valence-corrected chi connectivity index (χ4v) is 2.20. The van der Waals surface area contributed by atoms with Crippen LogP contribution in [-0.2, 0) is 4.79 Å². The van der Waals surface area contributed by atoms with Crippen molar-refractivity contribution in [1.29, 1.82) is 0 Å². The van der Waals surface area contributed by atoms with Crippen molar-refractivity contribution in [3.05, 3.63) is 58.8 Å². The number of likely N-dealkylation sites (N-methyl/N-ethyl adjacent to an activating group) is 1. The molecule has 0 saturated carbocycles. The van der Waals surface area contributed by atoms with E-state index in [1.807, 2.05) is 30.3 Å². The third-order valence-corrected chi connectivity index (χ3v) is 3.51. The summed E-state index contributed by atoms with van der Waals surface area (Å²) >= 11 is 3.17. The highest BCUT2D eigenvalue weighted by Gasteiger charge is 2.21. The quantitative estimate of drug-likeness (QED) is 0.832. The van der Waals surface area contributed by atoms with Crippen LogP contribution in [0.4, 0.5) is 10.1 Å². The van der Waals surface area contributed by atoms with Gasteiger partial charge in [-0.2, -0.15) is 0 Å². The van der Waals surface area contributed by atoms with E-state index in [-0.39, 0.29) is 11.7 Å². The number of rotatable bonds is 4. The van der Waals surface area contributed by atoms with E-state index < -0.39 is 11.9 Å². The van der Waals surface area contributed by atoms with Gasteiger partial charge in [0, 0.05) is 17.2 Å². The van der Waals surface area contributed by atoms with E-state index in [1.165, 1.54) is 17.0 Å². The smallest absolute Gasteiger partial charge is 0.267 e. The summed E-state index contributed by atoms with van der Waals surface area (Å²) in [5.74, 6) is -0.699. The molecular formula is C16H15BrFNO2. The Labute approximate surface area is 131 Å². The summed E-state index contributed by atoms with van der Waals surface area (Å²) < 4.78 is 19.8. The summed E-state index contributed by atoms with van der Waals surface area (Å²) in [5.41, 5.74) is 0.759. The van der Waals surface area contributed by atoms with E-state index in [2.05, 4.69) is 15.9 Å². The predicted molar refractivity (Wildman–Crippen MR) is 84.0 cm³/mol. The number of carbonyl (C=O) groups is 1. The number of hydrogen-bond donors (Lipinski definition) is 0. The van der Waals surface area contributed by atoms with Crippen LogP contribution >= 0.6 is 15.9 Å². The van der Waals surface area contributed by atoms with E-state index >= 15 is 0 Å². The highest BCUT2D eigenvalue weighted by molar-refractivity contribution is 9.10. The van der Waals surface area contributed by atoms with E-state index in [0.29, 0.717) is 4.47 Å². The summed E-state index contributed by atoms with van der Waals surface area (Å²) in [5, 5.41) is 0. The van der Waals surface area contributed by atoms with Gasteiger partial charge in [0.1, 0.15) is 0 Å². The van der Waals surface area contributed by atoms with E-state index in [0.717, 1.165) is 5.69 Å². The topological polar surface area (TPSA) is 29.5 Å². The maximum Gasteiger partial charge on any atom is 0.267 e. The SMILES string of the molecule is CC(Oc1ccc(Br)cc1F)C(=O)N(C)c1ccccc1. The second-order valence-electron chi connectivity index (χ2n) is 4.57. The number of benzene rings is 2. The van der Waals surface area contributed by atoms with Crippen molar-refractivity contribution in [2.45, 2.75) is 13.0 Å². The Morgan fingerprint density at radius 1 is 1.24 bits per heavy atom. The monoisotopic (exact) mass is 351 g/mol. The minimum atomic E-state index is -0.786. The van der Waals surface area contributed by atoms with Gasteiger partial charge >= 0.3 is 0 Å². The van der Waals surface area contributed by atoms with Crippen LogP contribution in [0.25, 0.3) is 0 Å². The number of nitrogens with zero attached hydrogens (tertiary/aromatic N) is 1. The Morgan fingerprint density at radius 2 is 1.90 bits per heavy atom. The van der Waals surface area contributed by atoms with Gasteiger partial charge < -0.3 is 9.64 Å². The molecule has 0 fully saturated rings. The van der Waals surface area contributed by atoms with Crippen LogP contribution in [0.15, 0.2) is 53.0 Å². The molecule has 0 aliphatic rings. The van der Waals surface area contributed by atoms with Crippen molar-refractivity contribution in [2.24, 2.45) is 0 Å². The molecule has 0 N–H and O–H groups in total. The van der Waals surface area contributed by atoms with Crippen molar-refractivity contribution in [3.63, 3.8) is 0 Å². The fraction of sp³-hybridized carbons (Fsp3) is 0.188. The van der Waals surface area contributed by atoms with Crippen molar-refractivity contribution in [3.8, 4) is 5.75 Å². The van der Waals surface area contributed by atoms with E-state index in [9.17, 15) is 9.18 Å². The van der Waals surface area contributed by atoms with Crippen molar-refractivity contribution in [1.82, 2.24) is 0 Å². The molecule has 0 radical (unpaired) electrons. The Morgan fingerprint density at radius 3 is 2.52 bits per heavy atom. The maximum absolute atomic E-state index is 13.7. The molecule has 0 spiro atoms. The van der Waals surface area contributed by atoms with E-state index in [1.54, 1.807) is 20.0 Å². The second kappa shape index (κ2) is 6.72. The van der Waals surface area contributed by atoms with Gasteiger partial charge in [-0.3, -0.25) is 4.79 Å². The second-order valence-corrected chi connectivity index (χ2v) is 5.48. The Balaban J connectivity index is 2.09. The molecule has 3 nitrogen and oxygen atoms in total. The lowest BCUT2D eigenvalue weighted by molar-refractivity contribution is -0.124. The molecule has 5 heteroatoms. The van der Waals surface area contributed by atoms with Crippen LogP contribution in [0, 0.1) is 5.82 Å². The molecule has 0 aliphatic heterocycles. The van der Waals surface area contributed by atoms with Crippen LogP contribution in [0.2, 0.25) is 0 Å². The highest BCUT2D eigenvalue weighted by atomic mass is 79.9. The number of hydrogen-bond acceptors (Lipinski definition) is 2. The summed E-state index contributed by atoms with van der Waals surface area (Å²) in [6, 6.07) is 13.7. The maximum atomic E-state index is 13.7. The standard InChI is InChI=1S/C16H15BrFNO2/c1-11(21-15-9-8-12(17)10-14(15)18)16(20)19(2)13-6-4-3-5-7-13/h3-11H,1-2H3. The van der Waals surface area contributed by atoms with Crippen LogP contribution in [0.1, 0.15) is 6.92 Å². The van der Waals surface area contributed by atoms with Crippen LogP contribution in [0.3, 0.4) is 0 Å². The number of para-hydroxylation sites is 1. The molecule has 1 atom stereocenters.